The highest BCUT2D eigenvalue weighted by Gasteiger charge is 2.17. The predicted octanol–water partition coefficient (Wildman–Crippen LogP) is 3.53. The third-order valence-electron chi connectivity index (χ3n) is 3.07. The maximum atomic E-state index is 13.3. The zero-order valence-electron chi connectivity index (χ0n) is 11.0. The number of thiophene rings is 1. The van der Waals surface area contributed by atoms with E-state index in [2.05, 4.69) is 22.2 Å². The van der Waals surface area contributed by atoms with Crippen LogP contribution in [0, 0.1) is 5.82 Å². The molecule has 0 saturated carbocycles. The van der Waals surface area contributed by atoms with Crippen molar-refractivity contribution in [1.82, 2.24) is 15.3 Å². The number of rotatable bonds is 4. The number of nitrogens with one attached hydrogen (secondary N) is 1. The van der Waals surface area contributed by atoms with Crippen molar-refractivity contribution < 1.29 is 4.39 Å². The van der Waals surface area contributed by atoms with Crippen LogP contribution >= 0.6 is 11.3 Å². The van der Waals surface area contributed by atoms with E-state index in [0.717, 1.165) is 27.2 Å². The summed E-state index contributed by atoms with van der Waals surface area (Å²) in [6, 6.07) is 6.89. The summed E-state index contributed by atoms with van der Waals surface area (Å²) in [5.74, 6) is -0.207. The number of nitrogens with zero attached hydrogens (tertiary/aromatic N) is 2. The average Bonchev–Trinajstić information content (AvgIpc) is 2.88. The van der Waals surface area contributed by atoms with E-state index in [0.29, 0.717) is 0 Å². The van der Waals surface area contributed by atoms with Gasteiger partial charge in [0.05, 0.1) is 17.9 Å². The standard InChI is InChI=1S/C15H14FN3S/c1-2-18-15(12-9-17-5-6-19-12)14-8-10-7-11(16)3-4-13(10)20-14/h3-9,15,18H,2H2,1H3. The van der Waals surface area contributed by atoms with Crippen LogP contribution in [0.2, 0.25) is 0 Å². The van der Waals surface area contributed by atoms with Crippen LogP contribution in [0.3, 0.4) is 0 Å². The number of hydrogen-bond donors (Lipinski definition) is 1. The molecule has 0 spiro atoms. The second-order valence-corrected chi connectivity index (χ2v) is 5.57. The molecule has 2 aromatic heterocycles. The van der Waals surface area contributed by atoms with E-state index >= 15 is 0 Å². The number of hydrogen-bond acceptors (Lipinski definition) is 4. The van der Waals surface area contributed by atoms with Gasteiger partial charge in [-0.1, -0.05) is 6.92 Å². The topological polar surface area (TPSA) is 37.8 Å². The molecular formula is C15H14FN3S. The highest BCUT2D eigenvalue weighted by molar-refractivity contribution is 7.19. The van der Waals surface area contributed by atoms with Gasteiger partial charge < -0.3 is 5.32 Å². The fourth-order valence-corrected chi connectivity index (χ4v) is 3.33. The molecular weight excluding hydrogens is 273 g/mol. The van der Waals surface area contributed by atoms with E-state index in [-0.39, 0.29) is 11.9 Å². The molecule has 1 N–H and O–H groups in total. The fourth-order valence-electron chi connectivity index (χ4n) is 2.19. The fraction of sp³-hybridized carbons (Fsp3) is 0.200. The van der Waals surface area contributed by atoms with E-state index in [1.807, 2.05) is 12.1 Å². The van der Waals surface area contributed by atoms with Crippen LogP contribution in [0.25, 0.3) is 10.1 Å². The lowest BCUT2D eigenvalue weighted by Gasteiger charge is -2.14. The van der Waals surface area contributed by atoms with Crippen molar-refractivity contribution in [1.29, 1.82) is 0 Å². The van der Waals surface area contributed by atoms with Gasteiger partial charge in [0.25, 0.3) is 0 Å². The van der Waals surface area contributed by atoms with Crippen LogP contribution in [0.4, 0.5) is 4.39 Å². The summed E-state index contributed by atoms with van der Waals surface area (Å²) in [5.41, 5.74) is 0.876. The summed E-state index contributed by atoms with van der Waals surface area (Å²) in [7, 11) is 0. The lowest BCUT2D eigenvalue weighted by molar-refractivity contribution is 0.621. The highest BCUT2D eigenvalue weighted by Crippen LogP contribution is 2.32. The molecule has 2 heterocycles. The smallest absolute Gasteiger partial charge is 0.123 e. The van der Waals surface area contributed by atoms with Gasteiger partial charge in [0.2, 0.25) is 0 Å². The van der Waals surface area contributed by atoms with Crippen molar-refractivity contribution >= 4 is 21.4 Å². The summed E-state index contributed by atoms with van der Waals surface area (Å²) in [6.07, 6.45) is 5.11. The van der Waals surface area contributed by atoms with E-state index in [1.54, 1.807) is 36.0 Å². The lowest BCUT2D eigenvalue weighted by atomic mass is 10.1. The van der Waals surface area contributed by atoms with Gasteiger partial charge in [0.15, 0.2) is 0 Å². The number of halogens is 1. The molecule has 0 aliphatic carbocycles. The first-order valence-corrected chi connectivity index (χ1v) is 7.28. The second-order valence-electron chi connectivity index (χ2n) is 4.45. The molecule has 1 unspecified atom stereocenters. The van der Waals surface area contributed by atoms with E-state index in [9.17, 15) is 4.39 Å². The first-order valence-electron chi connectivity index (χ1n) is 6.46. The van der Waals surface area contributed by atoms with Gasteiger partial charge in [0.1, 0.15) is 5.82 Å². The number of aromatic nitrogens is 2. The molecule has 1 atom stereocenters. The van der Waals surface area contributed by atoms with Gasteiger partial charge in [-0.2, -0.15) is 0 Å². The third-order valence-corrected chi connectivity index (χ3v) is 4.25. The van der Waals surface area contributed by atoms with Crippen LogP contribution in [0.5, 0.6) is 0 Å². The molecule has 3 rings (SSSR count). The van der Waals surface area contributed by atoms with Crippen LogP contribution < -0.4 is 5.32 Å². The number of benzene rings is 1. The molecule has 3 aromatic rings. The van der Waals surface area contributed by atoms with Gasteiger partial charge in [-0.3, -0.25) is 9.97 Å². The average molecular weight is 287 g/mol. The summed E-state index contributed by atoms with van der Waals surface area (Å²) in [4.78, 5) is 9.61. The van der Waals surface area contributed by atoms with E-state index < -0.39 is 0 Å². The van der Waals surface area contributed by atoms with Gasteiger partial charge in [0, 0.05) is 22.0 Å². The van der Waals surface area contributed by atoms with Gasteiger partial charge in [-0.05, 0) is 36.2 Å². The van der Waals surface area contributed by atoms with Crippen molar-refractivity contribution in [2.75, 3.05) is 6.54 Å². The monoisotopic (exact) mass is 287 g/mol. The Labute approximate surface area is 120 Å². The van der Waals surface area contributed by atoms with Crippen molar-refractivity contribution in [2.45, 2.75) is 13.0 Å². The van der Waals surface area contributed by atoms with Crippen molar-refractivity contribution in [3.8, 4) is 0 Å². The van der Waals surface area contributed by atoms with Crippen molar-refractivity contribution in [3.63, 3.8) is 0 Å². The molecule has 1 aromatic carbocycles. The molecule has 102 valence electrons. The van der Waals surface area contributed by atoms with Crippen LogP contribution in [-0.4, -0.2) is 16.5 Å². The summed E-state index contributed by atoms with van der Waals surface area (Å²) in [6.45, 7) is 2.88. The Morgan fingerprint density at radius 3 is 2.95 bits per heavy atom. The highest BCUT2D eigenvalue weighted by atomic mass is 32.1. The predicted molar refractivity (Wildman–Crippen MR) is 79.3 cm³/mol. The molecule has 0 bridgehead atoms. The Balaban J connectivity index is 2.05. The summed E-state index contributed by atoms with van der Waals surface area (Å²) >= 11 is 1.65. The van der Waals surface area contributed by atoms with Crippen molar-refractivity contribution in [3.05, 3.63) is 59.2 Å². The van der Waals surface area contributed by atoms with Crippen LogP contribution in [0.15, 0.2) is 42.9 Å². The summed E-state index contributed by atoms with van der Waals surface area (Å²) in [5, 5.41) is 4.33. The molecule has 20 heavy (non-hydrogen) atoms. The Morgan fingerprint density at radius 1 is 1.30 bits per heavy atom. The van der Waals surface area contributed by atoms with Crippen LogP contribution in [0.1, 0.15) is 23.5 Å². The SMILES string of the molecule is CCNC(c1cnccn1)c1cc2cc(F)ccc2s1. The Hall–Kier alpha value is -1.85. The minimum absolute atomic E-state index is 0.00541. The van der Waals surface area contributed by atoms with Crippen LogP contribution in [-0.2, 0) is 0 Å². The molecule has 5 heteroatoms. The molecule has 0 radical (unpaired) electrons. The van der Waals surface area contributed by atoms with E-state index in [1.165, 1.54) is 6.07 Å². The molecule has 0 saturated heterocycles. The second kappa shape index (κ2) is 5.64. The Bertz CT molecular complexity index is 711. The Kier molecular flexibility index (Phi) is 3.71. The van der Waals surface area contributed by atoms with Crippen molar-refractivity contribution in [2.24, 2.45) is 0 Å². The maximum absolute atomic E-state index is 13.3. The first-order chi connectivity index (χ1) is 9.78. The van der Waals surface area contributed by atoms with Gasteiger partial charge in [-0.25, -0.2) is 4.39 Å². The maximum Gasteiger partial charge on any atom is 0.123 e. The molecule has 3 nitrogen and oxygen atoms in total. The minimum Gasteiger partial charge on any atom is -0.305 e. The zero-order chi connectivity index (χ0) is 13.9. The Morgan fingerprint density at radius 2 is 2.20 bits per heavy atom. The normalized spacial score (nSPS) is 12.7. The number of fused-ring (bicyclic) bond motifs is 1. The molecule has 0 amide bonds. The zero-order valence-corrected chi connectivity index (χ0v) is 11.8. The molecule has 0 aliphatic heterocycles. The first kappa shape index (κ1) is 13.1. The third kappa shape index (κ3) is 2.55. The minimum atomic E-state index is -0.207. The molecule has 0 fully saturated rings. The van der Waals surface area contributed by atoms with Gasteiger partial charge in [-0.15, -0.1) is 11.3 Å². The van der Waals surface area contributed by atoms with E-state index in [4.69, 9.17) is 0 Å². The quantitative estimate of drug-likeness (QED) is 0.797. The van der Waals surface area contributed by atoms with Gasteiger partial charge >= 0.3 is 0 Å². The largest absolute Gasteiger partial charge is 0.305 e. The summed E-state index contributed by atoms with van der Waals surface area (Å²) < 4.78 is 14.4. The lowest BCUT2D eigenvalue weighted by Crippen LogP contribution is -2.22. The molecule has 0 aliphatic rings.